The van der Waals surface area contributed by atoms with Gasteiger partial charge in [0.1, 0.15) is 0 Å². The zero-order valence-corrected chi connectivity index (χ0v) is 13.0. The fraction of sp³-hybridized carbons (Fsp3) is 0.571. The summed E-state index contributed by atoms with van der Waals surface area (Å²) in [5.41, 5.74) is 5.24. The first-order valence-electron chi connectivity index (χ1n) is 6.53. The van der Waals surface area contributed by atoms with Crippen LogP contribution >= 0.6 is 23.6 Å². The molecular formula is C14H20N2OS2. The van der Waals surface area contributed by atoms with E-state index >= 15 is 0 Å². The third-order valence-corrected chi connectivity index (χ3v) is 5.22. The minimum Gasteiger partial charge on any atom is -0.392 e. The summed E-state index contributed by atoms with van der Waals surface area (Å²) >= 11 is 6.85. The third kappa shape index (κ3) is 2.82. The second-order valence-electron chi connectivity index (χ2n) is 5.52. The molecule has 2 rings (SSSR count). The molecule has 0 atom stereocenters. The largest absolute Gasteiger partial charge is 0.392 e. The molecule has 0 bridgehead atoms. The van der Waals surface area contributed by atoms with Crippen LogP contribution in [0.15, 0.2) is 17.5 Å². The van der Waals surface area contributed by atoms with Crippen molar-refractivity contribution in [2.24, 2.45) is 17.1 Å². The summed E-state index contributed by atoms with van der Waals surface area (Å²) in [6.07, 6.45) is 2.48. The minimum atomic E-state index is -0.570. The summed E-state index contributed by atoms with van der Waals surface area (Å²) in [5.74, 6) is 0.630. The highest BCUT2D eigenvalue weighted by molar-refractivity contribution is 7.80. The zero-order chi connectivity index (χ0) is 14.0. The fourth-order valence-electron chi connectivity index (χ4n) is 2.81. The molecule has 0 radical (unpaired) electrons. The van der Waals surface area contributed by atoms with Crippen LogP contribution < -0.4 is 5.73 Å². The number of nitrogens with zero attached hydrogens (tertiary/aromatic N) is 1. The van der Waals surface area contributed by atoms with Gasteiger partial charge in [0.2, 0.25) is 5.91 Å². The average molecular weight is 296 g/mol. The summed E-state index contributed by atoms with van der Waals surface area (Å²) in [6.45, 7) is 2.85. The van der Waals surface area contributed by atoms with Crippen molar-refractivity contribution in [1.29, 1.82) is 0 Å². The molecule has 1 heterocycles. The second kappa shape index (κ2) is 5.59. The van der Waals surface area contributed by atoms with E-state index in [1.54, 1.807) is 16.2 Å². The number of amides is 1. The maximum Gasteiger partial charge on any atom is 0.235 e. The highest BCUT2D eigenvalue weighted by atomic mass is 32.1. The fourth-order valence-corrected chi connectivity index (χ4v) is 3.76. The summed E-state index contributed by atoms with van der Waals surface area (Å²) < 4.78 is 0. The molecule has 0 spiro atoms. The number of carbonyl (C=O) groups excluding carboxylic acids is 1. The molecule has 1 aliphatic carbocycles. The first-order chi connectivity index (χ1) is 8.95. The Morgan fingerprint density at radius 1 is 1.63 bits per heavy atom. The normalized spacial score (nSPS) is 25.7. The van der Waals surface area contributed by atoms with Crippen molar-refractivity contribution in [2.75, 3.05) is 13.6 Å². The van der Waals surface area contributed by atoms with Crippen LogP contribution in [0.3, 0.4) is 0 Å². The van der Waals surface area contributed by atoms with E-state index in [0.717, 1.165) is 25.8 Å². The van der Waals surface area contributed by atoms with Gasteiger partial charge in [0, 0.05) is 18.5 Å². The summed E-state index contributed by atoms with van der Waals surface area (Å²) in [6, 6.07) is 4.13. The molecule has 1 aromatic heterocycles. The Hall–Kier alpha value is -0.940. The number of thiocarbonyl (C=S) groups is 1. The summed E-state index contributed by atoms with van der Waals surface area (Å²) in [7, 11) is 1.85. The first-order valence-corrected chi connectivity index (χ1v) is 7.82. The number of likely N-dealkylation sites (N-methyl/N-ethyl adjacent to an activating group) is 1. The van der Waals surface area contributed by atoms with Crippen LogP contribution in [0.2, 0.25) is 0 Å². The topological polar surface area (TPSA) is 46.3 Å². The van der Waals surface area contributed by atoms with Crippen molar-refractivity contribution >= 4 is 34.5 Å². The van der Waals surface area contributed by atoms with Crippen molar-refractivity contribution in [3.63, 3.8) is 0 Å². The van der Waals surface area contributed by atoms with Crippen LogP contribution in [0.5, 0.6) is 0 Å². The van der Waals surface area contributed by atoms with E-state index in [2.05, 4.69) is 18.4 Å². The molecule has 3 nitrogen and oxygen atoms in total. The summed E-state index contributed by atoms with van der Waals surface area (Å²) in [5, 5.41) is 2.06. The predicted octanol–water partition coefficient (Wildman–Crippen LogP) is 2.45. The molecule has 1 saturated carbocycles. The van der Waals surface area contributed by atoms with E-state index in [4.69, 9.17) is 18.0 Å². The van der Waals surface area contributed by atoms with Gasteiger partial charge in [-0.05, 0) is 36.6 Å². The van der Waals surface area contributed by atoms with Crippen molar-refractivity contribution in [1.82, 2.24) is 4.90 Å². The Morgan fingerprint density at radius 3 is 2.79 bits per heavy atom. The molecule has 1 aromatic rings. The molecular weight excluding hydrogens is 276 g/mol. The number of thiophene rings is 1. The van der Waals surface area contributed by atoms with Crippen molar-refractivity contribution in [3.8, 4) is 0 Å². The molecule has 1 amide bonds. The van der Waals surface area contributed by atoms with Gasteiger partial charge in [-0.25, -0.2) is 0 Å². The smallest absolute Gasteiger partial charge is 0.235 e. The SMILES string of the molecule is CC1CC(C(=O)N(C)CCc2cccs2)(C(N)=S)C1. The molecule has 0 aromatic carbocycles. The highest BCUT2D eigenvalue weighted by Gasteiger charge is 2.51. The molecule has 104 valence electrons. The predicted molar refractivity (Wildman–Crippen MR) is 83.3 cm³/mol. The van der Waals surface area contributed by atoms with Crippen molar-refractivity contribution in [3.05, 3.63) is 22.4 Å². The lowest BCUT2D eigenvalue weighted by molar-refractivity contribution is -0.142. The van der Waals surface area contributed by atoms with Gasteiger partial charge in [0.25, 0.3) is 0 Å². The van der Waals surface area contributed by atoms with Gasteiger partial charge < -0.3 is 10.6 Å². The lowest BCUT2D eigenvalue weighted by Gasteiger charge is -2.46. The summed E-state index contributed by atoms with van der Waals surface area (Å²) in [4.78, 5) is 16.0. The van der Waals surface area contributed by atoms with Crippen LogP contribution in [-0.4, -0.2) is 29.4 Å². The van der Waals surface area contributed by atoms with E-state index < -0.39 is 5.41 Å². The average Bonchev–Trinajstić information content (AvgIpc) is 2.83. The highest BCUT2D eigenvalue weighted by Crippen LogP contribution is 2.46. The van der Waals surface area contributed by atoms with E-state index in [-0.39, 0.29) is 5.91 Å². The Balaban J connectivity index is 1.96. The van der Waals surface area contributed by atoms with Crippen LogP contribution in [-0.2, 0) is 11.2 Å². The van der Waals surface area contributed by atoms with Crippen LogP contribution in [0, 0.1) is 11.3 Å². The molecule has 2 N–H and O–H groups in total. The molecule has 19 heavy (non-hydrogen) atoms. The van der Waals surface area contributed by atoms with E-state index in [0.29, 0.717) is 10.9 Å². The van der Waals surface area contributed by atoms with Crippen LogP contribution in [0.1, 0.15) is 24.6 Å². The number of rotatable bonds is 5. The molecule has 1 fully saturated rings. The standard InChI is InChI=1S/C14H20N2OS2/c1-10-8-14(9-10,12(15)18)13(17)16(2)6-5-11-4-3-7-19-11/h3-4,7,10H,5-6,8-9H2,1-2H3,(H2,15,18). The number of hydrogen-bond acceptors (Lipinski definition) is 3. The quantitative estimate of drug-likeness (QED) is 0.849. The van der Waals surface area contributed by atoms with Crippen LogP contribution in [0.4, 0.5) is 0 Å². The maximum absolute atomic E-state index is 12.6. The molecule has 0 aliphatic heterocycles. The van der Waals surface area contributed by atoms with E-state index in [1.165, 1.54) is 4.88 Å². The van der Waals surface area contributed by atoms with Gasteiger partial charge in [0.05, 0.1) is 10.4 Å². The Labute approximate surface area is 123 Å². The number of nitrogens with two attached hydrogens (primary N) is 1. The second-order valence-corrected chi connectivity index (χ2v) is 6.99. The minimum absolute atomic E-state index is 0.0923. The van der Waals surface area contributed by atoms with Gasteiger partial charge in [-0.2, -0.15) is 0 Å². The van der Waals surface area contributed by atoms with Gasteiger partial charge in [0.15, 0.2) is 0 Å². The maximum atomic E-state index is 12.6. The number of hydrogen-bond donors (Lipinski definition) is 1. The van der Waals surface area contributed by atoms with Crippen molar-refractivity contribution in [2.45, 2.75) is 26.2 Å². The lowest BCUT2D eigenvalue weighted by atomic mass is 9.61. The van der Waals surface area contributed by atoms with Gasteiger partial charge in [-0.15, -0.1) is 11.3 Å². The molecule has 1 aliphatic rings. The lowest BCUT2D eigenvalue weighted by Crippen LogP contribution is -2.56. The molecule has 0 unspecified atom stereocenters. The molecule has 5 heteroatoms. The van der Waals surface area contributed by atoms with Gasteiger partial charge >= 0.3 is 0 Å². The first kappa shape index (κ1) is 14.5. The molecule has 0 saturated heterocycles. The van der Waals surface area contributed by atoms with E-state index in [9.17, 15) is 4.79 Å². The number of carbonyl (C=O) groups is 1. The Kier molecular flexibility index (Phi) is 4.26. The monoisotopic (exact) mass is 296 g/mol. The van der Waals surface area contributed by atoms with Gasteiger partial charge in [-0.1, -0.05) is 25.2 Å². The van der Waals surface area contributed by atoms with Gasteiger partial charge in [-0.3, -0.25) is 4.79 Å². The van der Waals surface area contributed by atoms with Crippen molar-refractivity contribution < 1.29 is 4.79 Å². The zero-order valence-electron chi connectivity index (χ0n) is 11.4. The third-order valence-electron chi connectivity index (χ3n) is 3.90. The Bertz CT molecular complexity index is 464. The van der Waals surface area contributed by atoms with E-state index in [1.807, 2.05) is 13.1 Å². The Morgan fingerprint density at radius 2 is 2.32 bits per heavy atom. The van der Waals surface area contributed by atoms with Crippen LogP contribution in [0.25, 0.3) is 0 Å².